The molecule has 2 saturated carbocycles. The molecule has 2 atom stereocenters. The second-order valence-electron chi connectivity index (χ2n) is 16.4. The number of piperidine rings is 1. The molecule has 4 aliphatic rings. The van der Waals surface area contributed by atoms with E-state index in [4.69, 9.17) is 16.1 Å². The molecule has 2 aliphatic heterocycles. The van der Waals surface area contributed by atoms with Gasteiger partial charge in [0.1, 0.15) is 40.3 Å². The fraction of sp³-hybridized carbons (Fsp3) is 0.524. The largest absolute Gasteiger partial charge is 0.508 e. The Hall–Kier alpha value is -5.04. The Bertz CT molecular complexity index is 2270. The first-order valence-corrected chi connectivity index (χ1v) is 19.9. The highest BCUT2D eigenvalue weighted by Crippen LogP contribution is 2.50. The van der Waals surface area contributed by atoms with Gasteiger partial charge >= 0.3 is 18.2 Å². The Balaban J connectivity index is 1.18. The molecule has 2 amide bonds. The minimum Gasteiger partial charge on any atom is -0.508 e. The van der Waals surface area contributed by atoms with Gasteiger partial charge < -0.3 is 29.9 Å². The zero-order chi connectivity index (χ0) is 41.1. The van der Waals surface area contributed by atoms with Gasteiger partial charge in [0.15, 0.2) is 5.82 Å². The van der Waals surface area contributed by atoms with E-state index in [2.05, 4.69) is 26.1 Å². The Morgan fingerprint density at radius 3 is 2.34 bits per heavy atom. The second-order valence-corrected chi connectivity index (χ2v) is 16.4. The molecule has 308 valence electrons. The number of rotatable bonds is 10. The normalized spacial score (nSPS) is 21.9. The van der Waals surface area contributed by atoms with Crippen LogP contribution >= 0.6 is 0 Å². The number of anilines is 1. The smallest absolute Gasteiger partial charge is 0.411 e. The Morgan fingerprint density at radius 2 is 1.74 bits per heavy atom. The van der Waals surface area contributed by atoms with Crippen LogP contribution in [0.1, 0.15) is 70.8 Å². The van der Waals surface area contributed by atoms with Crippen LogP contribution in [0.5, 0.6) is 11.8 Å². The molecule has 0 spiro atoms. The molecule has 4 heterocycles. The highest BCUT2D eigenvalue weighted by Gasteiger charge is 2.65. The first-order valence-electron chi connectivity index (χ1n) is 19.9. The zero-order valence-electron chi connectivity index (χ0n) is 32.3. The molecule has 0 radical (unpaired) electrons. The maximum absolute atomic E-state index is 17.2. The van der Waals surface area contributed by atoms with Crippen LogP contribution in [0.2, 0.25) is 0 Å². The van der Waals surface area contributed by atoms with Crippen molar-refractivity contribution >= 4 is 33.5 Å². The number of nitrogens with one attached hydrogen (secondary N) is 1. The number of aromatic hydroxyl groups is 1. The van der Waals surface area contributed by atoms with Crippen LogP contribution in [0, 0.1) is 29.4 Å². The number of phenolic OH excluding ortho intramolecular Hbond substituents is 1. The van der Waals surface area contributed by atoms with Crippen molar-refractivity contribution in [3.63, 3.8) is 0 Å². The number of piperazine rings is 1. The van der Waals surface area contributed by atoms with Crippen molar-refractivity contribution in [2.24, 2.45) is 5.41 Å². The van der Waals surface area contributed by atoms with Crippen molar-refractivity contribution < 1.29 is 41.0 Å². The third-order valence-corrected chi connectivity index (χ3v) is 12.4. The number of hydrogen-bond donors (Lipinski definition) is 2. The average molecular weight is 810 g/mol. The number of fused-ring (bicyclic) bond motifs is 2. The van der Waals surface area contributed by atoms with Gasteiger partial charge in [-0.05, 0) is 75.0 Å². The predicted octanol–water partition coefficient (Wildman–Crippen LogP) is 7.89. The number of phenols is 1. The number of alkyl halides is 4. The van der Waals surface area contributed by atoms with E-state index in [-0.39, 0.29) is 88.6 Å². The first kappa shape index (κ1) is 39.8. The molecule has 2 N–H and O–H groups in total. The van der Waals surface area contributed by atoms with E-state index in [0.29, 0.717) is 50.7 Å². The standard InChI is InChI=1S/C42H45F6N7O3/c1-4-26-20-54(21-27(5-2)55(26)39(57)52-41(13-14-41)42(46,47)48)37-31-19-49-35(30-18-28(56)17-24-7-8-32(44)29(6-3)33(24)30)34(45)36(31)50-38(51-37)58-23-40(11-12-40)22-53-15-9-25(43)10-16-53/h3,7-8,17-19,25-27,56H,4-5,9-16,20-23H2,1-2H3,(H,52,57). The molecule has 16 heteroatoms. The highest BCUT2D eigenvalue weighted by molar-refractivity contribution is 6.03. The first-order chi connectivity index (χ1) is 27.7. The highest BCUT2D eigenvalue weighted by atomic mass is 19.4. The van der Waals surface area contributed by atoms with E-state index < -0.39 is 47.6 Å². The molecule has 4 aromatic rings. The zero-order valence-corrected chi connectivity index (χ0v) is 32.3. The maximum Gasteiger partial charge on any atom is 0.411 e. The lowest BCUT2D eigenvalue weighted by molar-refractivity contribution is -0.163. The Morgan fingerprint density at radius 1 is 1.05 bits per heavy atom. The fourth-order valence-corrected chi connectivity index (χ4v) is 8.63. The summed E-state index contributed by atoms with van der Waals surface area (Å²) in [6, 6.07) is 3.27. The number of likely N-dealkylation sites (tertiary alicyclic amines) is 1. The van der Waals surface area contributed by atoms with Gasteiger partial charge in [-0.1, -0.05) is 25.8 Å². The number of ether oxygens (including phenoxy) is 1. The number of carbonyl (C=O) groups excluding carboxylic acids is 1. The van der Waals surface area contributed by atoms with Crippen molar-refractivity contribution in [3.8, 4) is 35.4 Å². The summed E-state index contributed by atoms with van der Waals surface area (Å²) in [7, 11) is 0. The number of nitrogens with zero attached hydrogens (tertiary/aromatic N) is 6. The number of urea groups is 1. The van der Waals surface area contributed by atoms with Gasteiger partial charge in [0, 0.05) is 55.3 Å². The summed E-state index contributed by atoms with van der Waals surface area (Å²) in [6.45, 7) is 6.22. The summed E-state index contributed by atoms with van der Waals surface area (Å²) in [6.07, 6.45) is 4.87. The van der Waals surface area contributed by atoms with Gasteiger partial charge in [0.25, 0.3) is 0 Å². The van der Waals surface area contributed by atoms with Crippen molar-refractivity contribution in [3.05, 3.63) is 47.7 Å². The quantitative estimate of drug-likeness (QED) is 0.123. The van der Waals surface area contributed by atoms with Gasteiger partial charge in [0.2, 0.25) is 0 Å². The monoisotopic (exact) mass is 809 g/mol. The number of terminal acetylenes is 1. The number of benzene rings is 2. The molecule has 10 nitrogen and oxygen atoms in total. The number of hydrogen-bond acceptors (Lipinski definition) is 8. The summed E-state index contributed by atoms with van der Waals surface area (Å²) in [4.78, 5) is 33.0. The average Bonchev–Trinajstić information content (AvgIpc) is 4.15. The lowest BCUT2D eigenvalue weighted by atomic mass is 9.95. The molecule has 2 saturated heterocycles. The molecule has 2 aliphatic carbocycles. The molecule has 0 bridgehead atoms. The van der Waals surface area contributed by atoms with Crippen molar-refractivity contribution in [1.29, 1.82) is 0 Å². The maximum atomic E-state index is 17.2. The van der Waals surface area contributed by atoms with E-state index in [9.17, 15) is 27.5 Å². The summed E-state index contributed by atoms with van der Waals surface area (Å²) in [5.41, 5.74) is -2.95. The van der Waals surface area contributed by atoms with Gasteiger partial charge in [-0.25, -0.2) is 18.0 Å². The number of amides is 2. The molecular weight excluding hydrogens is 764 g/mol. The summed E-state index contributed by atoms with van der Waals surface area (Å²) in [5.74, 6) is 0.762. The number of aromatic nitrogens is 3. The van der Waals surface area contributed by atoms with Crippen molar-refractivity contribution in [2.45, 2.75) is 95.2 Å². The van der Waals surface area contributed by atoms with Crippen molar-refractivity contribution in [1.82, 2.24) is 30.1 Å². The van der Waals surface area contributed by atoms with Crippen LogP contribution in [-0.2, 0) is 0 Å². The molecule has 4 fully saturated rings. The van der Waals surface area contributed by atoms with E-state index >= 15 is 8.78 Å². The number of halogens is 6. The second kappa shape index (κ2) is 15.0. The van der Waals surface area contributed by atoms with Crippen LogP contribution in [0.25, 0.3) is 32.9 Å². The Kier molecular flexibility index (Phi) is 10.3. The number of carbonyl (C=O) groups is 1. The number of pyridine rings is 1. The minimum absolute atomic E-state index is 0.0440. The predicted molar refractivity (Wildman–Crippen MR) is 206 cm³/mol. The van der Waals surface area contributed by atoms with E-state index in [1.807, 2.05) is 18.7 Å². The van der Waals surface area contributed by atoms with Crippen LogP contribution in [0.3, 0.4) is 0 Å². The molecule has 2 aromatic heterocycles. The lowest BCUT2D eigenvalue weighted by Crippen LogP contribution is -2.64. The summed E-state index contributed by atoms with van der Waals surface area (Å²) in [5, 5.41) is 13.7. The molecule has 8 rings (SSSR count). The van der Waals surface area contributed by atoms with E-state index in [1.165, 1.54) is 35.4 Å². The van der Waals surface area contributed by atoms with Crippen molar-refractivity contribution in [2.75, 3.05) is 44.2 Å². The summed E-state index contributed by atoms with van der Waals surface area (Å²) >= 11 is 0. The van der Waals surface area contributed by atoms with Crippen LogP contribution in [0.15, 0.2) is 30.5 Å². The van der Waals surface area contributed by atoms with E-state index in [0.717, 1.165) is 12.8 Å². The van der Waals surface area contributed by atoms with Crippen LogP contribution in [0.4, 0.5) is 37.0 Å². The lowest BCUT2D eigenvalue weighted by Gasteiger charge is -2.47. The van der Waals surface area contributed by atoms with Crippen LogP contribution in [-0.4, -0.2) is 105 Å². The third-order valence-electron chi connectivity index (χ3n) is 12.4. The topological polar surface area (TPSA) is 107 Å². The fourth-order valence-electron chi connectivity index (χ4n) is 8.63. The molecule has 58 heavy (non-hydrogen) atoms. The SMILES string of the molecule is C#Cc1c(F)ccc2cc(O)cc(-c3ncc4c(N5CC(CC)N(C(=O)NC6(C(F)(F)F)CC6)C(CC)C5)nc(OCC5(CN6CCC(F)CC6)CC5)nc4c3F)c12. The van der Waals surface area contributed by atoms with Gasteiger partial charge in [-0.15, -0.1) is 6.42 Å². The molecule has 2 aromatic carbocycles. The van der Waals surface area contributed by atoms with Gasteiger partial charge in [0.05, 0.1) is 29.6 Å². The summed E-state index contributed by atoms with van der Waals surface area (Å²) < 4.78 is 94.0. The molecular formula is C42H45F6N7O3. The van der Waals surface area contributed by atoms with Crippen LogP contribution < -0.4 is 15.0 Å². The minimum atomic E-state index is -4.58. The Labute approximate surface area is 332 Å². The van der Waals surface area contributed by atoms with E-state index in [1.54, 1.807) is 0 Å². The third kappa shape index (κ3) is 7.30. The van der Waals surface area contributed by atoms with Gasteiger partial charge in [-0.2, -0.15) is 23.1 Å². The van der Waals surface area contributed by atoms with Gasteiger partial charge in [-0.3, -0.25) is 4.98 Å². The molecule has 2 unspecified atom stereocenters.